The zero-order chi connectivity index (χ0) is 15.0. The van der Waals surface area contributed by atoms with Crippen molar-refractivity contribution in [3.63, 3.8) is 0 Å². The van der Waals surface area contributed by atoms with E-state index in [0.717, 1.165) is 12.8 Å². The molecule has 0 aliphatic rings. The first-order valence-electron chi connectivity index (χ1n) is 6.64. The first kappa shape index (κ1) is 16.6. The van der Waals surface area contributed by atoms with Crippen molar-refractivity contribution in [2.24, 2.45) is 5.92 Å². The standard InChI is InChI=1S/C14H19BrN2O3/c1-2-10(3-6-13(18)19)7-8-16-14(20)11-4-5-12(15)17-9-11/h4-5,9-10H,2-3,6-8H2,1H3,(H,16,20)(H,18,19). The molecule has 1 rings (SSSR count). The number of carbonyl (C=O) groups is 2. The lowest BCUT2D eigenvalue weighted by Crippen LogP contribution is -2.26. The van der Waals surface area contributed by atoms with E-state index in [1.54, 1.807) is 12.1 Å². The molecule has 1 atom stereocenters. The van der Waals surface area contributed by atoms with E-state index in [-0.39, 0.29) is 12.3 Å². The van der Waals surface area contributed by atoms with Crippen molar-refractivity contribution in [2.45, 2.75) is 32.6 Å². The van der Waals surface area contributed by atoms with Crippen LogP contribution in [0.5, 0.6) is 0 Å². The number of aliphatic carboxylic acids is 1. The Bertz CT molecular complexity index is 448. The van der Waals surface area contributed by atoms with Crippen LogP contribution in [0.2, 0.25) is 0 Å². The number of hydrogen-bond donors (Lipinski definition) is 2. The molecular formula is C14H19BrN2O3. The average molecular weight is 343 g/mol. The van der Waals surface area contributed by atoms with E-state index in [4.69, 9.17) is 5.11 Å². The summed E-state index contributed by atoms with van der Waals surface area (Å²) < 4.78 is 0.689. The molecular weight excluding hydrogens is 324 g/mol. The number of carboxylic acids is 1. The van der Waals surface area contributed by atoms with E-state index in [9.17, 15) is 9.59 Å². The van der Waals surface area contributed by atoms with Crippen molar-refractivity contribution < 1.29 is 14.7 Å². The lowest BCUT2D eigenvalue weighted by molar-refractivity contribution is -0.137. The molecule has 0 radical (unpaired) electrons. The van der Waals surface area contributed by atoms with Crippen LogP contribution in [-0.2, 0) is 4.79 Å². The van der Waals surface area contributed by atoms with Crippen LogP contribution in [0, 0.1) is 5.92 Å². The molecule has 0 spiro atoms. The Balaban J connectivity index is 2.33. The molecule has 110 valence electrons. The zero-order valence-electron chi connectivity index (χ0n) is 11.4. The predicted octanol–water partition coefficient (Wildman–Crippen LogP) is 2.86. The van der Waals surface area contributed by atoms with E-state index in [1.165, 1.54) is 6.20 Å². The molecule has 6 heteroatoms. The molecule has 1 unspecified atom stereocenters. The SMILES string of the molecule is CCC(CCNC(=O)c1ccc(Br)nc1)CCC(=O)O. The lowest BCUT2D eigenvalue weighted by Gasteiger charge is -2.14. The maximum absolute atomic E-state index is 11.8. The van der Waals surface area contributed by atoms with E-state index < -0.39 is 5.97 Å². The minimum Gasteiger partial charge on any atom is -0.481 e. The second kappa shape index (κ2) is 8.68. The number of rotatable bonds is 8. The Morgan fingerprint density at radius 2 is 2.15 bits per heavy atom. The summed E-state index contributed by atoms with van der Waals surface area (Å²) in [5.74, 6) is -0.596. The fourth-order valence-corrected chi connectivity index (χ4v) is 2.12. The van der Waals surface area contributed by atoms with Crippen molar-refractivity contribution in [2.75, 3.05) is 6.54 Å². The van der Waals surface area contributed by atoms with Gasteiger partial charge >= 0.3 is 5.97 Å². The van der Waals surface area contributed by atoms with Gasteiger partial charge in [-0.25, -0.2) is 4.98 Å². The van der Waals surface area contributed by atoms with E-state index in [2.05, 4.69) is 26.2 Å². The zero-order valence-corrected chi connectivity index (χ0v) is 13.0. The third-order valence-electron chi connectivity index (χ3n) is 3.17. The summed E-state index contributed by atoms with van der Waals surface area (Å²) in [6, 6.07) is 3.42. The van der Waals surface area contributed by atoms with Crippen LogP contribution in [0.1, 0.15) is 43.0 Å². The number of carbonyl (C=O) groups excluding carboxylic acids is 1. The maximum atomic E-state index is 11.8. The lowest BCUT2D eigenvalue weighted by atomic mass is 9.96. The van der Waals surface area contributed by atoms with E-state index in [1.807, 2.05) is 6.92 Å². The molecule has 1 aromatic heterocycles. The molecule has 0 aliphatic heterocycles. The molecule has 0 bridgehead atoms. The summed E-state index contributed by atoms with van der Waals surface area (Å²) in [6.45, 7) is 2.58. The van der Waals surface area contributed by atoms with Gasteiger partial charge in [-0.05, 0) is 46.8 Å². The molecule has 0 aliphatic carbocycles. The largest absolute Gasteiger partial charge is 0.481 e. The molecule has 0 saturated carbocycles. The third-order valence-corrected chi connectivity index (χ3v) is 3.64. The topological polar surface area (TPSA) is 79.3 Å². The smallest absolute Gasteiger partial charge is 0.303 e. The second-order valence-electron chi connectivity index (χ2n) is 4.62. The van der Waals surface area contributed by atoms with Gasteiger partial charge in [0.15, 0.2) is 0 Å². The Labute approximate surface area is 126 Å². The molecule has 0 saturated heterocycles. The van der Waals surface area contributed by atoms with Gasteiger partial charge in [-0.15, -0.1) is 0 Å². The third kappa shape index (κ3) is 6.14. The van der Waals surface area contributed by atoms with Crippen LogP contribution in [0.4, 0.5) is 0 Å². The van der Waals surface area contributed by atoms with Crippen molar-refractivity contribution in [3.8, 4) is 0 Å². The number of nitrogens with one attached hydrogen (secondary N) is 1. The number of pyridine rings is 1. The highest BCUT2D eigenvalue weighted by atomic mass is 79.9. The van der Waals surface area contributed by atoms with Gasteiger partial charge in [-0.1, -0.05) is 13.3 Å². The number of halogens is 1. The summed E-state index contributed by atoms with van der Waals surface area (Å²) >= 11 is 3.21. The van der Waals surface area contributed by atoms with Crippen LogP contribution in [0.15, 0.2) is 22.9 Å². The van der Waals surface area contributed by atoms with Gasteiger partial charge in [0.25, 0.3) is 5.91 Å². The number of carboxylic acid groups (broad SMARTS) is 1. The number of hydrogen-bond acceptors (Lipinski definition) is 3. The average Bonchev–Trinajstić information content (AvgIpc) is 2.42. The van der Waals surface area contributed by atoms with Crippen LogP contribution in [0.3, 0.4) is 0 Å². The molecule has 0 aromatic carbocycles. The van der Waals surface area contributed by atoms with Gasteiger partial charge in [0, 0.05) is 19.2 Å². The first-order valence-corrected chi connectivity index (χ1v) is 7.43. The second-order valence-corrected chi connectivity index (χ2v) is 5.43. The molecule has 1 heterocycles. The fourth-order valence-electron chi connectivity index (χ4n) is 1.88. The van der Waals surface area contributed by atoms with E-state index in [0.29, 0.717) is 29.1 Å². The summed E-state index contributed by atoms with van der Waals surface area (Å²) in [5.41, 5.74) is 0.520. The predicted molar refractivity (Wildman–Crippen MR) is 79.5 cm³/mol. The van der Waals surface area contributed by atoms with Gasteiger partial charge in [-0.3, -0.25) is 9.59 Å². The van der Waals surface area contributed by atoms with Crippen LogP contribution >= 0.6 is 15.9 Å². The number of aromatic nitrogens is 1. The highest BCUT2D eigenvalue weighted by molar-refractivity contribution is 9.10. The van der Waals surface area contributed by atoms with Gasteiger partial charge in [0.2, 0.25) is 0 Å². The molecule has 20 heavy (non-hydrogen) atoms. The quantitative estimate of drug-likeness (QED) is 0.712. The van der Waals surface area contributed by atoms with Crippen molar-refractivity contribution >= 4 is 27.8 Å². The summed E-state index contributed by atoms with van der Waals surface area (Å²) in [6.07, 6.45) is 4.06. The van der Waals surface area contributed by atoms with Crippen LogP contribution < -0.4 is 5.32 Å². The van der Waals surface area contributed by atoms with Crippen LogP contribution in [-0.4, -0.2) is 28.5 Å². The molecule has 2 N–H and O–H groups in total. The maximum Gasteiger partial charge on any atom is 0.303 e. The van der Waals surface area contributed by atoms with Gasteiger partial charge in [0.05, 0.1) is 5.56 Å². The monoisotopic (exact) mass is 342 g/mol. The van der Waals surface area contributed by atoms with E-state index >= 15 is 0 Å². The Morgan fingerprint density at radius 3 is 2.70 bits per heavy atom. The number of amides is 1. The summed E-state index contributed by atoms with van der Waals surface area (Å²) in [4.78, 5) is 26.4. The first-order chi connectivity index (χ1) is 9.52. The minimum atomic E-state index is -0.770. The Hall–Kier alpha value is -1.43. The Kier molecular flexibility index (Phi) is 7.22. The number of nitrogens with zero attached hydrogens (tertiary/aromatic N) is 1. The summed E-state index contributed by atoms with van der Waals surface area (Å²) in [7, 11) is 0. The minimum absolute atomic E-state index is 0.155. The Morgan fingerprint density at radius 1 is 1.40 bits per heavy atom. The van der Waals surface area contributed by atoms with Crippen molar-refractivity contribution in [3.05, 3.63) is 28.5 Å². The normalized spacial score (nSPS) is 11.9. The fraction of sp³-hybridized carbons (Fsp3) is 0.500. The van der Waals surface area contributed by atoms with Gasteiger partial charge < -0.3 is 10.4 Å². The molecule has 1 amide bonds. The molecule has 0 fully saturated rings. The molecule has 5 nitrogen and oxygen atoms in total. The van der Waals surface area contributed by atoms with Crippen molar-refractivity contribution in [1.82, 2.24) is 10.3 Å². The van der Waals surface area contributed by atoms with Crippen LogP contribution in [0.25, 0.3) is 0 Å². The highest BCUT2D eigenvalue weighted by Crippen LogP contribution is 2.14. The van der Waals surface area contributed by atoms with Gasteiger partial charge in [-0.2, -0.15) is 0 Å². The molecule has 1 aromatic rings. The van der Waals surface area contributed by atoms with Crippen molar-refractivity contribution in [1.29, 1.82) is 0 Å². The highest BCUT2D eigenvalue weighted by Gasteiger charge is 2.10. The summed E-state index contributed by atoms with van der Waals surface area (Å²) in [5, 5.41) is 11.5. The van der Waals surface area contributed by atoms with Gasteiger partial charge in [0.1, 0.15) is 4.60 Å².